The first-order chi connectivity index (χ1) is 5.24. The Morgan fingerprint density at radius 2 is 2.27 bits per heavy atom. The molecule has 1 saturated heterocycles. The molecule has 0 aromatic rings. The van der Waals surface area contributed by atoms with E-state index in [1.165, 1.54) is 0 Å². The fraction of sp³-hybridized carbons (Fsp3) is 0.500. The van der Waals surface area contributed by atoms with E-state index in [0.29, 0.717) is 6.42 Å². The summed E-state index contributed by atoms with van der Waals surface area (Å²) in [5, 5.41) is 12.6. The Labute approximate surface area is 63.4 Å². The quantitative estimate of drug-likeness (QED) is 0.524. The van der Waals surface area contributed by atoms with Gasteiger partial charge < -0.3 is 5.32 Å². The lowest BCUT2D eigenvalue weighted by Gasteiger charge is -2.00. The molecule has 5 nitrogen and oxygen atoms in total. The number of rotatable bonds is 2. The van der Waals surface area contributed by atoms with Crippen LogP contribution in [0.25, 0.3) is 0 Å². The van der Waals surface area contributed by atoms with Crippen LogP contribution < -0.4 is 10.6 Å². The fourth-order valence-electron chi connectivity index (χ4n) is 0.871. The van der Waals surface area contributed by atoms with Crippen LogP contribution in [0.5, 0.6) is 0 Å². The molecule has 5 heteroatoms. The summed E-state index contributed by atoms with van der Waals surface area (Å²) < 4.78 is 0. The molecule has 0 aliphatic carbocycles. The van der Waals surface area contributed by atoms with E-state index in [1.807, 2.05) is 6.07 Å². The summed E-state index contributed by atoms with van der Waals surface area (Å²) in [4.78, 5) is 21.3. The number of carbonyl (C=O) groups is 2. The summed E-state index contributed by atoms with van der Waals surface area (Å²) in [6, 6.07) is 0.913. The van der Waals surface area contributed by atoms with E-state index in [0.717, 1.165) is 0 Å². The molecule has 2 N–H and O–H groups in total. The van der Waals surface area contributed by atoms with Crippen molar-refractivity contribution in [2.45, 2.75) is 18.9 Å². The molecule has 0 unspecified atom stereocenters. The first-order valence-corrected chi connectivity index (χ1v) is 3.22. The molecule has 1 aliphatic heterocycles. The summed E-state index contributed by atoms with van der Waals surface area (Å²) in [5.74, 6) is -0.342. The van der Waals surface area contributed by atoms with Crippen molar-refractivity contribution in [1.29, 1.82) is 5.26 Å². The molecule has 58 valence electrons. The minimum atomic E-state index is -0.512. The Morgan fingerprint density at radius 3 is 2.73 bits per heavy atom. The van der Waals surface area contributed by atoms with Crippen LogP contribution in [-0.2, 0) is 4.79 Å². The normalized spacial score (nSPS) is 22.3. The largest absolute Gasteiger partial charge is 0.326 e. The molecule has 3 amide bonds. The predicted octanol–water partition coefficient (Wildman–Crippen LogP) is -0.502. The SMILES string of the molecule is N#CCC[C@H]1NC(=O)NC1=O. The number of hydrogen-bond acceptors (Lipinski definition) is 3. The molecule has 0 aromatic heterocycles. The number of nitrogens with zero attached hydrogens (tertiary/aromatic N) is 1. The molecular weight excluding hydrogens is 146 g/mol. The molecule has 1 heterocycles. The van der Waals surface area contributed by atoms with Gasteiger partial charge in [-0.15, -0.1) is 0 Å². The summed E-state index contributed by atoms with van der Waals surface area (Å²) >= 11 is 0. The summed E-state index contributed by atoms with van der Waals surface area (Å²) in [6.07, 6.45) is 0.659. The maximum absolute atomic E-state index is 10.8. The van der Waals surface area contributed by atoms with Crippen LogP contribution in [0.2, 0.25) is 0 Å². The summed E-state index contributed by atoms with van der Waals surface area (Å²) in [6.45, 7) is 0. The number of urea groups is 1. The Kier molecular flexibility index (Phi) is 2.06. The van der Waals surface area contributed by atoms with Crippen LogP contribution in [0.3, 0.4) is 0 Å². The summed E-state index contributed by atoms with van der Waals surface area (Å²) in [5.41, 5.74) is 0. The Balaban J connectivity index is 2.42. The highest BCUT2D eigenvalue weighted by Gasteiger charge is 2.28. The summed E-state index contributed by atoms with van der Waals surface area (Å²) in [7, 11) is 0. The average Bonchev–Trinajstić information content (AvgIpc) is 2.26. The maximum atomic E-state index is 10.8. The Bertz CT molecular complexity index is 230. The van der Waals surface area contributed by atoms with E-state index in [2.05, 4.69) is 10.6 Å². The van der Waals surface area contributed by atoms with Gasteiger partial charge in [-0.1, -0.05) is 0 Å². The first-order valence-electron chi connectivity index (χ1n) is 3.22. The Hall–Kier alpha value is -1.57. The lowest BCUT2D eigenvalue weighted by atomic mass is 10.2. The highest BCUT2D eigenvalue weighted by Crippen LogP contribution is 2.00. The van der Waals surface area contributed by atoms with Crippen molar-refractivity contribution >= 4 is 11.9 Å². The van der Waals surface area contributed by atoms with Crippen LogP contribution in [0, 0.1) is 11.3 Å². The monoisotopic (exact) mass is 153 g/mol. The van der Waals surface area contributed by atoms with Gasteiger partial charge in [0.15, 0.2) is 0 Å². The van der Waals surface area contributed by atoms with Gasteiger partial charge in [0.05, 0.1) is 6.07 Å². The molecule has 11 heavy (non-hydrogen) atoms. The molecule has 0 saturated carbocycles. The second kappa shape index (κ2) is 3.01. The number of nitriles is 1. The molecule has 1 atom stereocenters. The molecule has 1 fully saturated rings. The zero-order chi connectivity index (χ0) is 8.27. The number of imide groups is 1. The lowest BCUT2D eigenvalue weighted by molar-refractivity contribution is -0.120. The molecule has 0 aromatic carbocycles. The van der Waals surface area contributed by atoms with Gasteiger partial charge in [0.2, 0.25) is 0 Å². The van der Waals surface area contributed by atoms with Gasteiger partial charge in [0.25, 0.3) is 5.91 Å². The smallest absolute Gasteiger partial charge is 0.322 e. The van der Waals surface area contributed by atoms with Gasteiger partial charge in [0.1, 0.15) is 6.04 Å². The zero-order valence-electron chi connectivity index (χ0n) is 5.76. The zero-order valence-corrected chi connectivity index (χ0v) is 5.76. The lowest BCUT2D eigenvalue weighted by Crippen LogP contribution is -2.28. The fourth-order valence-corrected chi connectivity index (χ4v) is 0.871. The van der Waals surface area contributed by atoms with Crippen LogP contribution in [0.4, 0.5) is 4.79 Å². The third-order valence-electron chi connectivity index (χ3n) is 1.40. The second-order valence-corrected chi connectivity index (χ2v) is 2.21. The average molecular weight is 153 g/mol. The van der Waals surface area contributed by atoms with Crippen molar-refractivity contribution in [1.82, 2.24) is 10.6 Å². The molecule has 0 radical (unpaired) electrons. The standard InChI is InChI=1S/C6H7N3O2/c7-3-1-2-4-5(10)9-6(11)8-4/h4H,1-2H2,(H2,8,9,10,11)/t4-/m1/s1. The number of hydrogen-bond donors (Lipinski definition) is 2. The van der Waals surface area contributed by atoms with E-state index in [9.17, 15) is 9.59 Å². The minimum Gasteiger partial charge on any atom is -0.326 e. The van der Waals surface area contributed by atoms with E-state index in [-0.39, 0.29) is 12.3 Å². The van der Waals surface area contributed by atoms with E-state index in [4.69, 9.17) is 5.26 Å². The highest BCUT2D eigenvalue weighted by molar-refractivity contribution is 6.04. The molecule has 0 spiro atoms. The third-order valence-corrected chi connectivity index (χ3v) is 1.40. The Morgan fingerprint density at radius 1 is 1.55 bits per heavy atom. The topological polar surface area (TPSA) is 82.0 Å². The van der Waals surface area contributed by atoms with Gasteiger partial charge >= 0.3 is 6.03 Å². The predicted molar refractivity (Wildman–Crippen MR) is 35.3 cm³/mol. The van der Waals surface area contributed by atoms with Crippen molar-refractivity contribution in [3.05, 3.63) is 0 Å². The number of carbonyl (C=O) groups excluding carboxylic acids is 2. The molecular formula is C6H7N3O2. The molecule has 1 aliphatic rings. The van der Waals surface area contributed by atoms with Crippen molar-refractivity contribution < 1.29 is 9.59 Å². The van der Waals surface area contributed by atoms with Gasteiger partial charge in [-0.25, -0.2) is 4.79 Å². The van der Waals surface area contributed by atoms with E-state index in [1.54, 1.807) is 0 Å². The van der Waals surface area contributed by atoms with Crippen LogP contribution in [0.15, 0.2) is 0 Å². The van der Waals surface area contributed by atoms with Gasteiger partial charge in [-0.2, -0.15) is 5.26 Å². The molecule has 1 rings (SSSR count). The number of amides is 3. The second-order valence-electron chi connectivity index (χ2n) is 2.21. The van der Waals surface area contributed by atoms with E-state index < -0.39 is 12.1 Å². The number of nitrogens with one attached hydrogen (secondary N) is 2. The van der Waals surface area contributed by atoms with Crippen LogP contribution in [0.1, 0.15) is 12.8 Å². The third kappa shape index (κ3) is 1.67. The van der Waals surface area contributed by atoms with Crippen LogP contribution >= 0.6 is 0 Å². The van der Waals surface area contributed by atoms with Crippen molar-refractivity contribution in [3.63, 3.8) is 0 Å². The highest BCUT2D eigenvalue weighted by atomic mass is 16.2. The molecule has 0 bridgehead atoms. The van der Waals surface area contributed by atoms with Crippen LogP contribution in [-0.4, -0.2) is 18.0 Å². The van der Waals surface area contributed by atoms with Crippen molar-refractivity contribution in [2.24, 2.45) is 0 Å². The minimum absolute atomic E-state index is 0.276. The van der Waals surface area contributed by atoms with Gasteiger partial charge in [0, 0.05) is 6.42 Å². The van der Waals surface area contributed by atoms with Crippen molar-refractivity contribution in [2.75, 3.05) is 0 Å². The van der Waals surface area contributed by atoms with E-state index >= 15 is 0 Å². The maximum Gasteiger partial charge on any atom is 0.322 e. The van der Waals surface area contributed by atoms with Gasteiger partial charge in [-0.05, 0) is 6.42 Å². The van der Waals surface area contributed by atoms with Gasteiger partial charge in [-0.3, -0.25) is 10.1 Å². The first kappa shape index (κ1) is 7.54. The van der Waals surface area contributed by atoms with Crippen molar-refractivity contribution in [3.8, 4) is 6.07 Å².